The second-order valence-corrected chi connectivity index (χ2v) is 5.15. The molecule has 2 atom stereocenters. The normalized spacial score (nSPS) is 20.6. The van der Waals surface area contributed by atoms with E-state index in [1.165, 1.54) is 6.07 Å². The van der Waals surface area contributed by atoms with Gasteiger partial charge in [-0.2, -0.15) is 0 Å². The largest absolute Gasteiger partial charge is 0.386 e. The maximum Gasteiger partial charge on any atom is 0.250 e. The van der Waals surface area contributed by atoms with Crippen LogP contribution in [-0.4, -0.2) is 54.8 Å². The zero-order valence-electron chi connectivity index (χ0n) is 12.4. The highest BCUT2D eigenvalue weighted by Gasteiger charge is 2.27. The Hall–Kier alpha value is -1.57. The average Bonchev–Trinajstić information content (AvgIpc) is 2.52. The SMILES string of the molecule is CCN1CCOC(C(=O)NCC(O)c2c(F)cccc2F)C1. The molecule has 7 heteroatoms. The molecule has 1 aromatic carbocycles. The summed E-state index contributed by atoms with van der Waals surface area (Å²) >= 11 is 0. The Morgan fingerprint density at radius 3 is 2.82 bits per heavy atom. The third-order valence-corrected chi connectivity index (χ3v) is 3.69. The molecule has 0 bridgehead atoms. The van der Waals surface area contributed by atoms with Crippen LogP contribution < -0.4 is 5.32 Å². The van der Waals surface area contributed by atoms with Crippen molar-refractivity contribution < 1.29 is 23.4 Å². The number of aliphatic hydroxyl groups is 1. The first kappa shape index (κ1) is 16.8. The van der Waals surface area contributed by atoms with Gasteiger partial charge in [-0.05, 0) is 18.7 Å². The van der Waals surface area contributed by atoms with Crippen LogP contribution in [0, 0.1) is 11.6 Å². The Labute approximate surface area is 127 Å². The van der Waals surface area contributed by atoms with E-state index in [9.17, 15) is 18.7 Å². The summed E-state index contributed by atoms with van der Waals surface area (Å²) in [5, 5.41) is 12.4. The minimum atomic E-state index is -1.45. The summed E-state index contributed by atoms with van der Waals surface area (Å²) in [4.78, 5) is 14.1. The van der Waals surface area contributed by atoms with Crippen molar-refractivity contribution in [1.82, 2.24) is 10.2 Å². The lowest BCUT2D eigenvalue weighted by molar-refractivity contribution is -0.138. The van der Waals surface area contributed by atoms with Gasteiger partial charge in [-0.1, -0.05) is 13.0 Å². The van der Waals surface area contributed by atoms with Gasteiger partial charge < -0.3 is 15.2 Å². The summed E-state index contributed by atoms with van der Waals surface area (Å²) in [7, 11) is 0. The third-order valence-electron chi connectivity index (χ3n) is 3.69. The Balaban J connectivity index is 1.90. The van der Waals surface area contributed by atoms with E-state index in [4.69, 9.17) is 4.74 Å². The highest BCUT2D eigenvalue weighted by atomic mass is 19.1. The van der Waals surface area contributed by atoms with Gasteiger partial charge in [-0.15, -0.1) is 0 Å². The molecule has 1 saturated heterocycles. The van der Waals surface area contributed by atoms with E-state index >= 15 is 0 Å². The maximum absolute atomic E-state index is 13.5. The van der Waals surface area contributed by atoms with Crippen molar-refractivity contribution in [2.75, 3.05) is 32.8 Å². The number of amides is 1. The fraction of sp³-hybridized carbons (Fsp3) is 0.533. The fourth-order valence-corrected chi connectivity index (χ4v) is 2.39. The number of hydrogen-bond acceptors (Lipinski definition) is 4. The molecule has 1 fully saturated rings. The first-order valence-electron chi connectivity index (χ1n) is 7.26. The summed E-state index contributed by atoms with van der Waals surface area (Å²) in [6, 6.07) is 3.34. The van der Waals surface area contributed by atoms with E-state index in [1.54, 1.807) is 0 Å². The minimum absolute atomic E-state index is 0.275. The zero-order valence-corrected chi connectivity index (χ0v) is 12.4. The van der Waals surface area contributed by atoms with Crippen molar-refractivity contribution in [1.29, 1.82) is 0 Å². The van der Waals surface area contributed by atoms with Crippen LogP contribution in [-0.2, 0) is 9.53 Å². The van der Waals surface area contributed by atoms with Gasteiger partial charge >= 0.3 is 0 Å². The van der Waals surface area contributed by atoms with Gasteiger partial charge in [0.25, 0.3) is 5.91 Å². The van der Waals surface area contributed by atoms with E-state index in [1.807, 2.05) is 6.92 Å². The molecular formula is C15H20F2N2O3. The van der Waals surface area contributed by atoms with Gasteiger partial charge in [0, 0.05) is 19.6 Å². The Morgan fingerprint density at radius 2 is 2.18 bits per heavy atom. The van der Waals surface area contributed by atoms with Gasteiger partial charge in [-0.3, -0.25) is 9.69 Å². The van der Waals surface area contributed by atoms with Gasteiger partial charge in [0.1, 0.15) is 23.8 Å². The molecule has 22 heavy (non-hydrogen) atoms. The van der Waals surface area contributed by atoms with Crippen LogP contribution in [0.4, 0.5) is 8.78 Å². The smallest absolute Gasteiger partial charge is 0.250 e. The van der Waals surface area contributed by atoms with Crippen molar-refractivity contribution in [2.45, 2.75) is 19.1 Å². The minimum Gasteiger partial charge on any atom is -0.386 e. The number of nitrogens with zero attached hydrogens (tertiary/aromatic N) is 1. The molecule has 5 nitrogen and oxygen atoms in total. The highest BCUT2D eigenvalue weighted by Crippen LogP contribution is 2.20. The number of ether oxygens (including phenoxy) is 1. The van der Waals surface area contributed by atoms with Crippen molar-refractivity contribution in [3.8, 4) is 0 Å². The predicted octanol–water partition coefficient (Wildman–Crippen LogP) is 0.835. The summed E-state index contributed by atoms with van der Waals surface area (Å²) in [6.07, 6.45) is -2.08. The number of halogens is 2. The number of nitrogens with one attached hydrogen (secondary N) is 1. The zero-order chi connectivity index (χ0) is 16.1. The second-order valence-electron chi connectivity index (χ2n) is 5.15. The van der Waals surface area contributed by atoms with Crippen LogP contribution in [0.15, 0.2) is 18.2 Å². The Bertz CT molecular complexity index is 507. The van der Waals surface area contributed by atoms with Crippen molar-refractivity contribution in [3.63, 3.8) is 0 Å². The van der Waals surface area contributed by atoms with Crippen molar-refractivity contribution in [2.24, 2.45) is 0 Å². The molecule has 1 aliphatic rings. The lowest BCUT2D eigenvalue weighted by Crippen LogP contribution is -2.50. The number of carbonyl (C=O) groups excluding carboxylic acids is 1. The van der Waals surface area contributed by atoms with Gasteiger partial charge in [0.15, 0.2) is 0 Å². The van der Waals surface area contributed by atoms with Crippen LogP contribution in [0.3, 0.4) is 0 Å². The highest BCUT2D eigenvalue weighted by molar-refractivity contribution is 5.81. The molecular weight excluding hydrogens is 294 g/mol. The Kier molecular flexibility index (Phi) is 5.82. The predicted molar refractivity (Wildman–Crippen MR) is 76.2 cm³/mol. The fourth-order valence-electron chi connectivity index (χ4n) is 2.39. The number of aliphatic hydroxyl groups excluding tert-OH is 1. The van der Waals surface area contributed by atoms with E-state index in [2.05, 4.69) is 10.2 Å². The molecule has 2 N–H and O–H groups in total. The van der Waals surface area contributed by atoms with Gasteiger partial charge in [0.05, 0.1) is 12.2 Å². The first-order valence-corrected chi connectivity index (χ1v) is 7.26. The van der Waals surface area contributed by atoms with Crippen LogP contribution >= 0.6 is 0 Å². The third kappa shape index (κ3) is 4.00. The first-order chi connectivity index (χ1) is 10.5. The van der Waals surface area contributed by atoms with Crippen molar-refractivity contribution in [3.05, 3.63) is 35.4 Å². The lowest BCUT2D eigenvalue weighted by atomic mass is 10.1. The molecule has 1 aromatic rings. The molecule has 2 rings (SSSR count). The molecule has 2 unspecified atom stereocenters. The number of carbonyl (C=O) groups is 1. The molecule has 0 saturated carbocycles. The average molecular weight is 314 g/mol. The molecule has 0 aromatic heterocycles. The molecule has 1 amide bonds. The summed E-state index contributed by atoms with van der Waals surface area (Å²) in [5.41, 5.74) is -0.442. The number of benzene rings is 1. The monoisotopic (exact) mass is 314 g/mol. The van der Waals surface area contributed by atoms with E-state index in [0.717, 1.165) is 25.2 Å². The van der Waals surface area contributed by atoms with E-state index in [-0.39, 0.29) is 6.54 Å². The van der Waals surface area contributed by atoms with Crippen LogP contribution in [0.25, 0.3) is 0 Å². The van der Waals surface area contributed by atoms with Crippen LogP contribution in [0.5, 0.6) is 0 Å². The molecule has 1 heterocycles. The number of rotatable bonds is 5. The Morgan fingerprint density at radius 1 is 1.50 bits per heavy atom. The maximum atomic E-state index is 13.5. The summed E-state index contributed by atoms with van der Waals surface area (Å²) in [5.74, 6) is -2.07. The van der Waals surface area contributed by atoms with E-state index < -0.39 is 35.3 Å². The summed E-state index contributed by atoms with van der Waals surface area (Å²) < 4.78 is 32.4. The molecule has 0 radical (unpaired) electrons. The summed E-state index contributed by atoms with van der Waals surface area (Å²) in [6.45, 7) is 4.22. The molecule has 1 aliphatic heterocycles. The van der Waals surface area contributed by atoms with Crippen molar-refractivity contribution >= 4 is 5.91 Å². The molecule has 0 aliphatic carbocycles. The lowest BCUT2D eigenvalue weighted by Gasteiger charge is -2.31. The number of likely N-dealkylation sites (N-methyl/N-ethyl adjacent to an activating group) is 1. The standard InChI is InChI=1S/C15H20F2N2O3/c1-2-19-6-7-22-13(9-19)15(21)18-8-12(20)14-10(16)4-3-5-11(14)17/h3-5,12-13,20H,2,6-9H2,1H3,(H,18,21). The van der Waals surface area contributed by atoms with Gasteiger partial charge in [-0.25, -0.2) is 8.78 Å². The van der Waals surface area contributed by atoms with E-state index in [0.29, 0.717) is 13.2 Å². The quantitative estimate of drug-likeness (QED) is 0.845. The van der Waals surface area contributed by atoms with Crippen LogP contribution in [0.1, 0.15) is 18.6 Å². The molecule has 122 valence electrons. The second kappa shape index (κ2) is 7.62. The number of hydrogen-bond donors (Lipinski definition) is 2. The number of morpholine rings is 1. The van der Waals surface area contributed by atoms with Crippen LogP contribution in [0.2, 0.25) is 0 Å². The molecule has 0 spiro atoms. The van der Waals surface area contributed by atoms with Gasteiger partial charge in [0.2, 0.25) is 0 Å². The topological polar surface area (TPSA) is 61.8 Å².